The van der Waals surface area contributed by atoms with Crippen molar-refractivity contribution in [3.05, 3.63) is 30.3 Å². The van der Waals surface area contributed by atoms with Crippen molar-refractivity contribution in [1.29, 1.82) is 0 Å². The van der Waals surface area contributed by atoms with E-state index in [0.717, 1.165) is 0 Å². The van der Waals surface area contributed by atoms with E-state index in [9.17, 15) is 13.2 Å². The van der Waals surface area contributed by atoms with E-state index in [2.05, 4.69) is 11.2 Å². The average Bonchev–Trinajstić information content (AvgIpc) is 2.62. The number of ether oxygens (including phenoxy) is 1. The molecule has 1 aliphatic heterocycles. The van der Waals surface area contributed by atoms with Gasteiger partial charge >= 0.3 is 0 Å². The summed E-state index contributed by atoms with van der Waals surface area (Å²) in [6.07, 6.45) is 6.63. The normalized spacial score (nSPS) is 20.1. The zero-order valence-electron chi connectivity index (χ0n) is 13.6. The van der Waals surface area contributed by atoms with Crippen LogP contribution in [-0.2, 0) is 19.6 Å². The molecule has 6 nitrogen and oxygen atoms in total. The number of terminal acetylenes is 1. The number of carbonyl (C=O) groups is 1. The van der Waals surface area contributed by atoms with Gasteiger partial charge in [-0.3, -0.25) is 4.79 Å². The zero-order chi connectivity index (χ0) is 17.6. The molecule has 24 heavy (non-hydrogen) atoms. The summed E-state index contributed by atoms with van der Waals surface area (Å²) >= 11 is 0. The number of piperidine rings is 1. The summed E-state index contributed by atoms with van der Waals surface area (Å²) in [6.45, 7) is 0.798. The van der Waals surface area contributed by atoms with E-state index in [-0.39, 0.29) is 24.0 Å². The van der Waals surface area contributed by atoms with Crippen LogP contribution in [0.15, 0.2) is 35.2 Å². The molecule has 1 aliphatic rings. The summed E-state index contributed by atoms with van der Waals surface area (Å²) in [7, 11) is -2.08. The molecule has 0 spiro atoms. The Balaban J connectivity index is 2.06. The second-order valence-corrected chi connectivity index (χ2v) is 7.64. The molecule has 7 heteroatoms. The summed E-state index contributed by atoms with van der Waals surface area (Å²) in [5.41, 5.74) is 0. The number of sulfonamides is 1. The van der Waals surface area contributed by atoms with Crippen molar-refractivity contribution in [2.45, 2.75) is 23.8 Å². The predicted octanol–water partition coefficient (Wildman–Crippen LogP) is 0.852. The molecule has 0 saturated carbocycles. The Bertz CT molecular complexity index is 697. The molecule has 1 amide bonds. The monoisotopic (exact) mass is 350 g/mol. The molecule has 0 unspecified atom stereocenters. The summed E-state index contributed by atoms with van der Waals surface area (Å²) in [6, 6.07) is 7.75. The fourth-order valence-corrected chi connectivity index (χ4v) is 4.25. The number of amides is 1. The van der Waals surface area contributed by atoms with Crippen molar-refractivity contribution in [1.82, 2.24) is 9.62 Å². The van der Waals surface area contributed by atoms with Crippen LogP contribution in [0.2, 0.25) is 0 Å². The topological polar surface area (TPSA) is 75.7 Å². The highest BCUT2D eigenvalue weighted by molar-refractivity contribution is 7.89. The summed E-state index contributed by atoms with van der Waals surface area (Å²) in [5, 5.41) is 2.73. The van der Waals surface area contributed by atoms with Gasteiger partial charge in [-0.25, -0.2) is 8.42 Å². The number of benzene rings is 1. The molecular formula is C17H22N2O4S. The van der Waals surface area contributed by atoms with Gasteiger partial charge in [0.15, 0.2) is 0 Å². The van der Waals surface area contributed by atoms with Crippen molar-refractivity contribution in [2.75, 3.05) is 26.8 Å². The van der Waals surface area contributed by atoms with E-state index < -0.39 is 22.0 Å². The van der Waals surface area contributed by atoms with Crippen LogP contribution in [0.4, 0.5) is 0 Å². The first kappa shape index (κ1) is 18.5. The van der Waals surface area contributed by atoms with Crippen LogP contribution < -0.4 is 5.32 Å². The lowest BCUT2D eigenvalue weighted by molar-refractivity contribution is -0.126. The average molecular weight is 350 g/mol. The van der Waals surface area contributed by atoms with Crippen LogP contribution in [0, 0.1) is 18.3 Å². The third-order valence-electron chi connectivity index (χ3n) is 3.99. The Morgan fingerprint density at radius 1 is 1.46 bits per heavy atom. The fourth-order valence-electron chi connectivity index (χ4n) is 2.70. The van der Waals surface area contributed by atoms with Crippen molar-refractivity contribution in [3.8, 4) is 12.3 Å². The zero-order valence-corrected chi connectivity index (χ0v) is 14.5. The summed E-state index contributed by atoms with van der Waals surface area (Å²) in [5.74, 6) is 1.81. The first-order valence-corrected chi connectivity index (χ1v) is 9.23. The van der Waals surface area contributed by atoms with Gasteiger partial charge in [-0.15, -0.1) is 6.42 Å². The lowest BCUT2D eigenvalue weighted by Crippen LogP contribution is -2.48. The molecule has 2 atom stereocenters. The number of nitrogens with zero attached hydrogens (tertiary/aromatic N) is 1. The summed E-state index contributed by atoms with van der Waals surface area (Å²) < 4.78 is 31.7. The molecule has 0 bridgehead atoms. The van der Waals surface area contributed by atoms with Crippen LogP contribution in [-0.4, -0.2) is 51.5 Å². The molecule has 1 heterocycles. The van der Waals surface area contributed by atoms with E-state index in [1.54, 1.807) is 30.3 Å². The molecule has 2 rings (SSSR count). The number of hydrogen-bond donors (Lipinski definition) is 1. The van der Waals surface area contributed by atoms with Gasteiger partial charge in [-0.2, -0.15) is 4.31 Å². The van der Waals surface area contributed by atoms with E-state index in [1.807, 2.05) is 0 Å². The molecule has 130 valence electrons. The van der Waals surface area contributed by atoms with Crippen molar-refractivity contribution in [2.24, 2.45) is 5.92 Å². The number of nitrogens with one attached hydrogen (secondary N) is 1. The Hall–Kier alpha value is -1.88. The van der Waals surface area contributed by atoms with Gasteiger partial charge in [0.1, 0.15) is 6.04 Å². The highest BCUT2D eigenvalue weighted by Gasteiger charge is 2.33. The second kappa shape index (κ2) is 8.29. The highest BCUT2D eigenvalue weighted by atomic mass is 32.2. The standard InChI is InChI=1S/C17H22N2O4S/c1-3-15(13-23-2)18-17(20)14-8-7-11-19(12-14)24(21,22)16-9-5-4-6-10-16/h1,4-6,9-10,14-15H,7-8,11-13H2,2H3,(H,18,20)/t14-,15+/m1/s1. The Morgan fingerprint density at radius 2 is 2.17 bits per heavy atom. The largest absolute Gasteiger partial charge is 0.382 e. The maximum Gasteiger partial charge on any atom is 0.243 e. The number of rotatable bonds is 6. The lowest BCUT2D eigenvalue weighted by Gasteiger charge is -2.31. The van der Waals surface area contributed by atoms with Gasteiger partial charge in [0, 0.05) is 20.2 Å². The minimum Gasteiger partial charge on any atom is -0.382 e. The fraction of sp³-hybridized carbons (Fsp3) is 0.471. The third kappa shape index (κ3) is 4.35. The van der Waals surface area contributed by atoms with Gasteiger partial charge in [0.05, 0.1) is 17.4 Å². The SMILES string of the molecule is C#C[C@@H](COC)NC(=O)[C@@H]1CCCN(S(=O)(=O)c2ccccc2)C1. The number of methoxy groups -OCH3 is 1. The Kier molecular flexibility index (Phi) is 6.37. The predicted molar refractivity (Wildman–Crippen MR) is 90.6 cm³/mol. The van der Waals surface area contributed by atoms with Crippen molar-refractivity contribution < 1.29 is 17.9 Å². The maximum absolute atomic E-state index is 12.7. The number of carbonyl (C=O) groups excluding carboxylic acids is 1. The van der Waals surface area contributed by atoms with E-state index in [0.29, 0.717) is 19.4 Å². The third-order valence-corrected chi connectivity index (χ3v) is 5.87. The first-order valence-electron chi connectivity index (χ1n) is 7.79. The van der Waals surface area contributed by atoms with Crippen LogP contribution in [0.3, 0.4) is 0 Å². The lowest BCUT2D eigenvalue weighted by atomic mass is 9.98. The summed E-state index contributed by atoms with van der Waals surface area (Å²) in [4.78, 5) is 12.6. The Labute approximate surface area is 143 Å². The van der Waals surface area contributed by atoms with Crippen LogP contribution in [0.1, 0.15) is 12.8 Å². The molecule has 1 fully saturated rings. The van der Waals surface area contributed by atoms with E-state index >= 15 is 0 Å². The maximum atomic E-state index is 12.7. The Morgan fingerprint density at radius 3 is 2.79 bits per heavy atom. The van der Waals surface area contributed by atoms with E-state index in [4.69, 9.17) is 11.2 Å². The van der Waals surface area contributed by atoms with Crippen LogP contribution in [0.25, 0.3) is 0 Å². The molecule has 0 radical (unpaired) electrons. The van der Waals surface area contributed by atoms with Gasteiger partial charge in [-0.05, 0) is 25.0 Å². The second-order valence-electron chi connectivity index (χ2n) is 5.70. The first-order chi connectivity index (χ1) is 11.5. The molecule has 1 N–H and O–H groups in total. The molecule has 1 saturated heterocycles. The number of hydrogen-bond acceptors (Lipinski definition) is 4. The highest BCUT2D eigenvalue weighted by Crippen LogP contribution is 2.23. The smallest absolute Gasteiger partial charge is 0.243 e. The van der Waals surface area contributed by atoms with Gasteiger partial charge in [0.2, 0.25) is 15.9 Å². The van der Waals surface area contributed by atoms with Crippen molar-refractivity contribution in [3.63, 3.8) is 0 Å². The molecule has 1 aromatic carbocycles. The van der Waals surface area contributed by atoms with Gasteiger partial charge in [-0.1, -0.05) is 24.1 Å². The van der Waals surface area contributed by atoms with Crippen molar-refractivity contribution >= 4 is 15.9 Å². The van der Waals surface area contributed by atoms with Gasteiger partial charge in [0.25, 0.3) is 0 Å². The van der Waals surface area contributed by atoms with Gasteiger partial charge < -0.3 is 10.1 Å². The quantitative estimate of drug-likeness (QED) is 0.772. The molecule has 0 aliphatic carbocycles. The molecule has 1 aromatic rings. The molecular weight excluding hydrogens is 328 g/mol. The minimum atomic E-state index is -3.58. The van der Waals surface area contributed by atoms with Crippen LogP contribution in [0.5, 0.6) is 0 Å². The van der Waals surface area contributed by atoms with Crippen LogP contribution >= 0.6 is 0 Å². The van der Waals surface area contributed by atoms with E-state index in [1.165, 1.54) is 11.4 Å². The minimum absolute atomic E-state index is 0.160. The molecule has 0 aromatic heterocycles.